The molecule has 3 heteroatoms. The summed E-state index contributed by atoms with van der Waals surface area (Å²) in [6.07, 6.45) is 3.40. The zero-order valence-electron chi connectivity index (χ0n) is 9.66. The summed E-state index contributed by atoms with van der Waals surface area (Å²) in [7, 11) is 2.01. The molecule has 0 amide bonds. The fourth-order valence-corrected chi connectivity index (χ4v) is 2.18. The Hall–Kier alpha value is -0.380. The maximum Gasteiger partial charge on any atom is 0.0619 e. The van der Waals surface area contributed by atoms with Gasteiger partial charge in [-0.05, 0) is 37.8 Å². The third-order valence-electron chi connectivity index (χ3n) is 2.40. The Morgan fingerprint density at radius 3 is 3.00 bits per heavy atom. The van der Waals surface area contributed by atoms with Crippen molar-refractivity contribution in [2.24, 2.45) is 0 Å². The predicted octanol–water partition coefficient (Wildman–Crippen LogP) is 2.70. The molecular weight excluding hydrogens is 206 g/mol. The van der Waals surface area contributed by atoms with E-state index in [-0.39, 0.29) is 0 Å². The predicted molar refractivity (Wildman–Crippen MR) is 66.6 cm³/mol. The number of thiophene rings is 1. The fourth-order valence-electron chi connectivity index (χ4n) is 1.45. The summed E-state index contributed by atoms with van der Waals surface area (Å²) in [6.45, 7) is 3.84. The molecule has 15 heavy (non-hydrogen) atoms. The lowest BCUT2D eigenvalue weighted by Gasteiger charge is -2.15. The Morgan fingerprint density at radius 2 is 2.40 bits per heavy atom. The van der Waals surface area contributed by atoms with E-state index in [1.807, 2.05) is 18.4 Å². The van der Waals surface area contributed by atoms with Crippen molar-refractivity contribution >= 4 is 11.3 Å². The molecule has 0 saturated carbocycles. The summed E-state index contributed by atoms with van der Waals surface area (Å²) in [5, 5.41) is 5.44. The first-order chi connectivity index (χ1) is 7.36. The fraction of sp³-hybridized carbons (Fsp3) is 0.667. The van der Waals surface area contributed by atoms with Crippen molar-refractivity contribution < 1.29 is 4.74 Å². The van der Waals surface area contributed by atoms with Crippen LogP contribution in [0.15, 0.2) is 17.5 Å². The number of aryl methyl sites for hydroxylation is 1. The van der Waals surface area contributed by atoms with Gasteiger partial charge in [0.1, 0.15) is 0 Å². The van der Waals surface area contributed by atoms with Crippen molar-refractivity contribution in [2.45, 2.75) is 32.2 Å². The van der Waals surface area contributed by atoms with Crippen molar-refractivity contribution in [2.75, 3.05) is 20.3 Å². The number of nitrogens with one attached hydrogen (secondary N) is 1. The van der Waals surface area contributed by atoms with Crippen LogP contribution in [0, 0.1) is 0 Å². The summed E-state index contributed by atoms with van der Waals surface area (Å²) < 4.78 is 5.55. The van der Waals surface area contributed by atoms with E-state index in [2.05, 4.69) is 29.8 Å². The molecule has 0 aliphatic heterocycles. The molecule has 1 heterocycles. The lowest BCUT2D eigenvalue weighted by atomic mass is 10.1. The molecule has 0 spiro atoms. The molecule has 1 atom stereocenters. The molecule has 1 aromatic heterocycles. The summed E-state index contributed by atoms with van der Waals surface area (Å²) in [4.78, 5) is 1.46. The minimum Gasteiger partial charge on any atom is -0.380 e. The molecule has 0 aliphatic rings. The smallest absolute Gasteiger partial charge is 0.0619 e. The molecule has 0 bridgehead atoms. The van der Waals surface area contributed by atoms with Gasteiger partial charge in [-0.15, -0.1) is 11.3 Å². The van der Waals surface area contributed by atoms with Gasteiger partial charge in [0.25, 0.3) is 0 Å². The molecule has 1 rings (SSSR count). The van der Waals surface area contributed by atoms with Crippen LogP contribution in [-0.4, -0.2) is 26.3 Å². The van der Waals surface area contributed by atoms with E-state index in [0.29, 0.717) is 6.04 Å². The Kier molecular flexibility index (Phi) is 6.64. The van der Waals surface area contributed by atoms with Gasteiger partial charge in [0, 0.05) is 17.5 Å². The molecule has 0 aliphatic carbocycles. The van der Waals surface area contributed by atoms with Crippen LogP contribution in [0.25, 0.3) is 0 Å². The average Bonchev–Trinajstić information content (AvgIpc) is 2.76. The highest BCUT2D eigenvalue weighted by molar-refractivity contribution is 7.09. The molecule has 1 N–H and O–H groups in total. The van der Waals surface area contributed by atoms with E-state index in [1.165, 1.54) is 4.88 Å². The zero-order chi connectivity index (χ0) is 10.9. The highest BCUT2D eigenvalue weighted by Gasteiger charge is 2.06. The second-order valence-electron chi connectivity index (χ2n) is 3.68. The normalized spacial score (nSPS) is 12.9. The zero-order valence-corrected chi connectivity index (χ0v) is 10.5. The molecule has 2 nitrogen and oxygen atoms in total. The molecule has 1 unspecified atom stereocenters. The summed E-state index contributed by atoms with van der Waals surface area (Å²) in [5.41, 5.74) is 0. The van der Waals surface area contributed by atoms with Crippen LogP contribution in [0.3, 0.4) is 0 Å². The highest BCUT2D eigenvalue weighted by Crippen LogP contribution is 2.12. The van der Waals surface area contributed by atoms with Gasteiger partial charge in [-0.1, -0.05) is 13.0 Å². The molecule has 0 fully saturated rings. The number of ether oxygens (including phenoxy) is 1. The number of hydrogen-bond acceptors (Lipinski definition) is 3. The van der Waals surface area contributed by atoms with Crippen LogP contribution >= 0.6 is 11.3 Å². The Bertz CT molecular complexity index is 236. The lowest BCUT2D eigenvalue weighted by molar-refractivity contribution is 0.111. The van der Waals surface area contributed by atoms with Gasteiger partial charge in [0.05, 0.1) is 6.61 Å². The van der Waals surface area contributed by atoms with Gasteiger partial charge in [-0.2, -0.15) is 0 Å². The van der Waals surface area contributed by atoms with E-state index in [4.69, 9.17) is 4.74 Å². The highest BCUT2D eigenvalue weighted by atomic mass is 32.1. The molecule has 0 aromatic carbocycles. The maximum atomic E-state index is 5.55. The van der Waals surface area contributed by atoms with E-state index >= 15 is 0 Å². The first kappa shape index (κ1) is 12.7. The Morgan fingerprint density at radius 1 is 1.53 bits per heavy atom. The molecular formula is C12H21NOS. The van der Waals surface area contributed by atoms with E-state index in [9.17, 15) is 0 Å². The monoisotopic (exact) mass is 227 g/mol. The summed E-state index contributed by atoms with van der Waals surface area (Å²) >= 11 is 1.84. The molecule has 1 aromatic rings. The van der Waals surface area contributed by atoms with Gasteiger partial charge < -0.3 is 10.1 Å². The lowest BCUT2D eigenvalue weighted by Crippen LogP contribution is -2.30. The third-order valence-corrected chi connectivity index (χ3v) is 3.33. The number of rotatable bonds is 8. The van der Waals surface area contributed by atoms with E-state index < -0.39 is 0 Å². The van der Waals surface area contributed by atoms with E-state index in [1.54, 1.807) is 0 Å². The number of likely N-dealkylation sites (N-methyl/N-ethyl adjacent to an activating group) is 1. The quantitative estimate of drug-likeness (QED) is 0.689. The van der Waals surface area contributed by atoms with Gasteiger partial charge in [-0.25, -0.2) is 0 Å². The van der Waals surface area contributed by atoms with Gasteiger partial charge >= 0.3 is 0 Å². The second kappa shape index (κ2) is 7.85. The van der Waals surface area contributed by atoms with Crippen LogP contribution < -0.4 is 5.32 Å². The summed E-state index contributed by atoms with van der Waals surface area (Å²) in [5.74, 6) is 0. The first-order valence-electron chi connectivity index (χ1n) is 5.64. The second-order valence-corrected chi connectivity index (χ2v) is 4.71. The van der Waals surface area contributed by atoms with Crippen LogP contribution in [0.1, 0.15) is 24.6 Å². The minimum atomic E-state index is 0.485. The van der Waals surface area contributed by atoms with Crippen molar-refractivity contribution in [1.82, 2.24) is 5.32 Å². The van der Waals surface area contributed by atoms with Crippen molar-refractivity contribution in [3.05, 3.63) is 22.4 Å². The van der Waals surface area contributed by atoms with Crippen LogP contribution in [0.2, 0.25) is 0 Å². The Labute approximate surface area is 96.7 Å². The average molecular weight is 227 g/mol. The molecule has 0 radical (unpaired) electrons. The van der Waals surface area contributed by atoms with E-state index in [0.717, 1.165) is 32.5 Å². The van der Waals surface area contributed by atoms with Crippen molar-refractivity contribution in [3.8, 4) is 0 Å². The molecule has 0 saturated heterocycles. The number of hydrogen-bond donors (Lipinski definition) is 1. The Balaban J connectivity index is 2.16. The maximum absolute atomic E-state index is 5.55. The van der Waals surface area contributed by atoms with Gasteiger partial charge in [0.2, 0.25) is 0 Å². The van der Waals surface area contributed by atoms with Gasteiger partial charge in [-0.3, -0.25) is 0 Å². The van der Waals surface area contributed by atoms with Gasteiger partial charge in [0.15, 0.2) is 0 Å². The standard InChI is InChI=1S/C12H21NOS/c1-3-8-14-10-11(13-2)6-7-12-5-4-9-15-12/h4-5,9,11,13H,3,6-8,10H2,1-2H3. The van der Waals surface area contributed by atoms with Crippen molar-refractivity contribution in [1.29, 1.82) is 0 Å². The van der Waals surface area contributed by atoms with Crippen LogP contribution in [0.5, 0.6) is 0 Å². The van der Waals surface area contributed by atoms with Crippen molar-refractivity contribution in [3.63, 3.8) is 0 Å². The SMILES string of the molecule is CCCOCC(CCc1cccs1)NC. The molecule has 86 valence electrons. The third kappa shape index (κ3) is 5.30. The van der Waals surface area contributed by atoms with Crippen LogP contribution in [-0.2, 0) is 11.2 Å². The minimum absolute atomic E-state index is 0.485. The largest absolute Gasteiger partial charge is 0.380 e. The first-order valence-corrected chi connectivity index (χ1v) is 6.52. The van der Waals surface area contributed by atoms with Crippen LogP contribution in [0.4, 0.5) is 0 Å². The summed E-state index contributed by atoms with van der Waals surface area (Å²) in [6, 6.07) is 4.80. The topological polar surface area (TPSA) is 21.3 Å².